The van der Waals surface area contributed by atoms with Gasteiger partial charge in [-0.3, -0.25) is 9.67 Å². The van der Waals surface area contributed by atoms with Gasteiger partial charge in [-0.1, -0.05) is 6.07 Å². The monoisotopic (exact) mass is 378 g/mol. The van der Waals surface area contributed by atoms with Crippen LogP contribution in [-0.2, 0) is 13.6 Å². The topological polar surface area (TPSA) is 77.8 Å². The molecule has 1 N–H and O–H groups in total. The minimum absolute atomic E-state index is 0.580. The van der Waals surface area contributed by atoms with E-state index >= 15 is 0 Å². The number of hydrogen-bond donors (Lipinski definition) is 1. The van der Waals surface area contributed by atoms with Crippen molar-refractivity contribution in [2.75, 3.05) is 11.9 Å². The Bertz CT molecular complexity index is 939. The summed E-state index contributed by atoms with van der Waals surface area (Å²) in [6.45, 7) is 5.18. The molecule has 1 fully saturated rings. The van der Waals surface area contributed by atoms with Crippen molar-refractivity contribution in [2.45, 2.75) is 39.2 Å². The van der Waals surface area contributed by atoms with E-state index in [1.165, 1.54) is 12.1 Å². The van der Waals surface area contributed by atoms with Crippen LogP contribution < -0.4 is 10.1 Å². The fourth-order valence-electron chi connectivity index (χ4n) is 3.55. The first kappa shape index (κ1) is 18.4. The second-order valence-corrected chi connectivity index (χ2v) is 7.39. The summed E-state index contributed by atoms with van der Waals surface area (Å²) in [4.78, 5) is 13.3. The molecule has 0 aromatic carbocycles. The molecule has 7 heteroatoms. The minimum Gasteiger partial charge on any atom is -0.478 e. The lowest BCUT2D eigenvalue weighted by atomic mass is 10.2. The molecule has 0 radical (unpaired) electrons. The number of anilines is 1. The van der Waals surface area contributed by atoms with E-state index in [0.29, 0.717) is 36.7 Å². The molecule has 1 aliphatic carbocycles. The van der Waals surface area contributed by atoms with Gasteiger partial charge in [0.15, 0.2) is 0 Å². The Balaban J connectivity index is 1.29. The largest absolute Gasteiger partial charge is 0.478 e. The highest BCUT2D eigenvalue weighted by Gasteiger charge is 2.38. The first-order valence-corrected chi connectivity index (χ1v) is 9.71. The minimum atomic E-state index is 0.580. The molecule has 0 saturated heterocycles. The molecule has 2 atom stereocenters. The van der Waals surface area contributed by atoms with Crippen molar-refractivity contribution in [3.63, 3.8) is 0 Å². The number of pyridine rings is 1. The number of rotatable bonds is 8. The Morgan fingerprint density at radius 3 is 2.86 bits per heavy atom. The van der Waals surface area contributed by atoms with Crippen LogP contribution in [0.25, 0.3) is 0 Å². The third-order valence-electron chi connectivity index (χ3n) is 5.09. The quantitative estimate of drug-likeness (QED) is 0.647. The average Bonchev–Trinajstić information content (AvgIpc) is 3.37. The Morgan fingerprint density at radius 1 is 1.21 bits per heavy atom. The molecule has 0 aliphatic heterocycles. The van der Waals surface area contributed by atoms with Crippen LogP contribution in [0, 0.1) is 19.8 Å². The van der Waals surface area contributed by atoms with E-state index in [0.717, 1.165) is 23.6 Å². The van der Waals surface area contributed by atoms with Crippen molar-refractivity contribution in [1.29, 1.82) is 0 Å². The van der Waals surface area contributed by atoms with Gasteiger partial charge in [0.1, 0.15) is 11.6 Å². The van der Waals surface area contributed by atoms with Gasteiger partial charge >= 0.3 is 0 Å². The highest BCUT2D eigenvalue weighted by Crippen LogP contribution is 2.48. The van der Waals surface area contributed by atoms with Gasteiger partial charge in [0.2, 0.25) is 5.88 Å². The van der Waals surface area contributed by atoms with Gasteiger partial charge in [-0.25, -0.2) is 4.98 Å². The standard InChI is InChI=1S/C21H26N6O/c1-14-10-17(27(3)26-14)13-23-20-12-21(25-15(2)24-20)28-9-7-16-11-18(16)19-6-4-5-8-22-19/h4-6,8,10,12,16,18H,7,9,11,13H2,1-3H3,(H,23,24,25)/t16-,18-/m0/s1. The summed E-state index contributed by atoms with van der Waals surface area (Å²) < 4.78 is 7.79. The third kappa shape index (κ3) is 4.47. The third-order valence-corrected chi connectivity index (χ3v) is 5.09. The van der Waals surface area contributed by atoms with Crippen molar-refractivity contribution in [2.24, 2.45) is 13.0 Å². The number of aryl methyl sites for hydroxylation is 3. The Labute approximate surface area is 165 Å². The molecule has 3 aromatic rings. The summed E-state index contributed by atoms with van der Waals surface area (Å²) in [7, 11) is 1.94. The van der Waals surface area contributed by atoms with Crippen LogP contribution in [0.4, 0.5) is 5.82 Å². The molecule has 146 valence electrons. The van der Waals surface area contributed by atoms with E-state index in [2.05, 4.69) is 43.6 Å². The molecule has 4 rings (SSSR count). The van der Waals surface area contributed by atoms with Crippen LogP contribution in [0.2, 0.25) is 0 Å². The maximum absolute atomic E-state index is 5.91. The predicted octanol–water partition coefficient (Wildman–Crippen LogP) is 3.41. The van der Waals surface area contributed by atoms with E-state index in [4.69, 9.17) is 4.74 Å². The summed E-state index contributed by atoms with van der Waals surface area (Å²) in [5, 5.41) is 7.70. The normalized spacial score (nSPS) is 18.1. The number of hydrogen-bond acceptors (Lipinski definition) is 6. The van der Waals surface area contributed by atoms with E-state index < -0.39 is 0 Å². The molecule has 3 heterocycles. The van der Waals surface area contributed by atoms with Crippen LogP contribution >= 0.6 is 0 Å². The lowest BCUT2D eigenvalue weighted by Crippen LogP contribution is -2.08. The van der Waals surface area contributed by atoms with E-state index in [1.807, 2.05) is 43.9 Å². The molecule has 7 nitrogen and oxygen atoms in total. The zero-order chi connectivity index (χ0) is 19.5. The highest BCUT2D eigenvalue weighted by molar-refractivity contribution is 5.39. The Kier molecular flexibility index (Phi) is 5.23. The molecule has 0 bridgehead atoms. The van der Waals surface area contributed by atoms with E-state index in [-0.39, 0.29) is 0 Å². The van der Waals surface area contributed by atoms with Crippen molar-refractivity contribution < 1.29 is 4.74 Å². The Hall–Kier alpha value is -2.96. The molecule has 28 heavy (non-hydrogen) atoms. The average molecular weight is 378 g/mol. The summed E-state index contributed by atoms with van der Waals surface area (Å²) in [6, 6.07) is 10.0. The zero-order valence-electron chi connectivity index (χ0n) is 16.6. The number of aromatic nitrogens is 5. The molecule has 0 spiro atoms. The van der Waals surface area contributed by atoms with Crippen molar-refractivity contribution in [1.82, 2.24) is 24.7 Å². The van der Waals surface area contributed by atoms with Gasteiger partial charge < -0.3 is 10.1 Å². The molecule has 1 aliphatic rings. The lowest BCUT2D eigenvalue weighted by molar-refractivity contribution is 0.289. The van der Waals surface area contributed by atoms with Crippen molar-refractivity contribution in [3.05, 3.63) is 59.4 Å². The van der Waals surface area contributed by atoms with Gasteiger partial charge in [-0.2, -0.15) is 10.1 Å². The van der Waals surface area contributed by atoms with Gasteiger partial charge in [-0.05, 0) is 50.8 Å². The van der Waals surface area contributed by atoms with Crippen LogP contribution in [-0.4, -0.2) is 31.3 Å². The first-order chi connectivity index (χ1) is 13.6. The SMILES string of the molecule is Cc1cc(CNc2cc(OCC[C@H]3C[C@@H]3c3ccccn3)nc(C)n2)n(C)n1. The fraction of sp³-hybridized carbons (Fsp3) is 0.429. The fourth-order valence-corrected chi connectivity index (χ4v) is 3.55. The molecular formula is C21H26N6O. The molecular weight excluding hydrogens is 352 g/mol. The Morgan fingerprint density at radius 2 is 2.11 bits per heavy atom. The second kappa shape index (κ2) is 7.96. The molecule has 1 saturated carbocycles. The lowest BCUT2D eigenvalue weighted by Gasteiger charge is -2.10. The summed E-state index contributed by atoms with van der Waals surface area (Å²) in [5.74, 6) is 3.31. The van der Waals surface area contributed by atoms with Crippen LogP contribution in [0.1, 0.15) is 41.7 Å². The summed E-state index contributed by atoms with van der Waals surface area (Å²) in [6.07, 6.45) is 4.08. The zero-order valence-corrected chi connectivity index (χ0v) is 16.6. The molecule has 0 amide bonds. The second-order valence-electron chi connectivity index (χ2n) is 7.39. The highest BCUT2D eigenvalue weighted by atomic mass is 16.5. The van der Waals surface area contributed by atoms with Gasteiger partial charge in [0, 0.05) is 30.9 Å². The van der Waals surface area contributed by atoms with Gasteiger partial charge in [0.05, 0.1) is 24.5 Å². The number of nitrogens with one attached hydrogen (secondary N) is 1. The van der Waals surface area contributed by atoms with Crippen LogP contribution in [0.3, 0.4) is 0 Å². The van der Waals surface area contributed by atoms with E-state index in [1.54, 1.807) is 0 Å². The van der Waals surface area contributed by atoms with Crippen LogP contribution in [0.15, 0.2) is 36.5 Å². The summed E-state index contributed by atoms with van der Waals surface area (Å²) >= 11 is 0. The smallest absolute Gasteiger partial charge is 0.218 e. The van der Waals surface area contributed by atoms with Gasteiger partial charge in [0.25, 0.3) is 0 Å². The maximum atomic E-state index is 5.91. The van der Waals surface area contributed by atoms with Crippen LogP contribution in [0.5, 0.6) is 5.88 Å². The number of nitrogens with zero attached hydrogens (tertiary/aromatic N) is 5. The van der Waals surface area contributed by atoms with Gasteiger partial charge in [-0.15, -0.1) is 0 Å². The maximum Gasteiger partial charge on any atom is 0.218 e. The predicted molar refractivity (Wildman–Crippen MR) is 107 cm³/mol. The first-order valence-electron chi connectivity index (χ1n) is 9.71. The molecule has 3 aromatic heterocycles. The number of ether oxygens (including phenoxy) is 1. The van der Waals surface area contributed by atoms with Crippen molar-refractivity contribution >= 4 is 5.82 Å². The van der Waals surface area contributed by atoms with Crippen molar-refractivity contribution in [3.8, 4) is 5.88 Å². The molecule has 0 unspecified atom stereocenters. The van der Waals surface area contributed by atoms with E-state index in [9.17, 15) is 0 Å². The summed E-state index contributed by atoms with van der Waals surface area (Å²) in [5.41, 5.74) is 3.30.